The van der Waals surface area contributed by atoms with Crippen molar-refractivity contribution in [2.24, 2.45) is 0 Å². The monoisotopic (exact) mass is 310 g/mol. The molecule has 0 saturated heterocycles. The molecule has 0 unspecified atom stereocenters. The fourth-order valence-electron chi connectivity index (χ4n) is 3.21. The van der Waals surface area contributed by atoms with E-state index < -0.39 is 0 Å². The maximum atomic E-state index is 12.6. The minimum atomic E-state index is -0.0374. The molecule has 2 N–H and O–H groups in total. The van der Waals surface area contributed by atoms with E-state index in [2.05, 4.69) is 35.6 Å². The summed E-state index contributed by atoms with van der Waals surface area (Å²) in [6.07, 6.45) is 0.880. The maximum Gasteiger partial charge on any atom is 0.237 e. The Morgan fingerprint density at radius 1 is 1.13 bits per heavy atom. The van der Waals surface area contributed by atoms with Gasteiger partial charge in [-0.05, 0) is 23.1 Å². The molecule has 4 nitrogen and oxygen atoms in total. The molecule has 120 valence electrons. The van der Waals surface area contributed by atoms with Crippen LogP contribution in [0.2, 0.25) is 0 Å². The zero-order chi connectivity index (χ0) is 16.1. The Labute approximate surface area is 136 Å². The number of carbonyl (C=O) groups is 1. The smallest absolute Gasteiger partial charge is 0.237 e. The number of carbonyl (C=O) groups excluding carboxylic acids is 1. The Balaban J connectivity index is 1.91. The molecular weight excluding hydrogens is 288 g/mol. The third-order valence-corrected chi connectivity index (χ3v) is 4.28. The van der Waals surface area contributed by atoms with Crippen molar-refractivity contribution in [3.8, 4) is 0 Å². The summed E-state index contributed by atoms with van der Waals surface area (Å²) in [7, 11) is 0. The van der Waals surface area contributed by atoms with Crippen LogP contribution in [0.25, 0.3) is 0 Å². The zero-order valence-corrected chi connectivity index (χ0v) is 13.1. The number of fused-ring (bicyclic) bond motifs is 1. The lowest BCUT2D eigenvalue weighted by Crippen LogP contribution is -2.44. The first-order chi connectivity index (χ1) is 11.3. The summed E-state index contributed by atoms with van der Waals surface area (Å²) in [6.45, 7) is 1.45. The SMILES string of the molecule is O=C(CNCCO)N1CCc2ccccc2[C@@H]1c1ccccc1. The summed E-state index contributed by atoms with van der Waals surface area (Å²) in [5, 5.41) is 11.8. The molecule has 1 heterocycles. The second-order valence-electron chi connectivity index (χ2n) is 5.75. The van der Waals surface area contributed by atoms with E-state index in [1.807, 2.05) is 29.2 Å². The summed E-state index contributed by atoms with van der Waals surface area (Å²) < 4.78 is 0. The summed E-state index contributed by atoms with van der Waals surface area (Å²) >= 11 is 0. The molecule has 1 atom stereocenters. The Hall–Kier alpha value is -2.17. The molecule has 1 aliphatic rings. The third kappa shape index (κ3) is 3.44. The summed E-state index contributed by atoms with van der Waals surface area (Å²) in [4.78, 5) is 14.6. The Morgan fingerprint density at radius 3 is 2.65 bits per heavy atom. The van der Waals surface area contributed by atoms with Crippen LogP contribution in [0.15, 0.2) is 54.6 Å². The molecule has 0 fully saturated rings. The molecule has 4 heteroatoms. The zero-order valence-electron chi connectivity index (χ0n) is 13.1. The average Bonchev–Trinajstić information content (AvgIpc) is 2.61. The van der Waals surface area contributed by atoms with E-state index in [9.17, 15) is 4.79 Å². The molecule has 0 saturated carbocycles. The highest BCUT2D eigenvalue weighted by molar-refractivity contribution is 5.79. The van der Waals surface area contributed by atoms with Crippen LogP contribution in [0, 0.1) is 0 Å². The topological polar surface area (TPSA) is 52.6 Å². The average molecular weight is 310 g/mol. The molecule has 1 amide bonds. The van der Waals surface area contributed by atoms with Crippen LogP contribution >= 0.6 is 0 Å². The number of nitrogens with zero attached hydrogens (tertiary/aromatic N) is 1. The van der Waals surface area contributed by atoms with E-state index in [0.717, 1.165) is 18.5 Å². The van der Waals surface area contributed by atoms with Crippen LogP contribution in [-0.2, 0) is 11.2 Å². The van der Waals surface area contributed by atoms with Gasteiger partial charge >= 0.3 is 0 Å². The largest absolute Gasteiger partial charge is 0.395 e. The van der Waals surface area contributed by atoms with Crippen molar-refractivity contribution in [1.82, 2.24) is 10.2 Å². The predicted molar refractivity (Wildman–Crippen MR) is 90.1 cm³/mol. The molecule has 23 heavy (non-hydrogen) atoms. The summed E-state index contributed by atoms with van der Waals surface area (Å²) in [5.74, 6) is 0.0711. The van der Waals surface area contributed by atoms with E-state index in [-0.39, 0.29) is 25.1 Å². The fourth-order valence-corrected chi connectivity index (χ4v) is 3.21. The molecule has 1 aliphatic heterocycles. The third-order valence-electron chi connectivity index (χ3n) is 4.28. The van der Waals surface area contributed by atoms with Gasteiger partial charge in [0.1, 0.15) is 0 Å². The Morgan fingerprint density at radius 2 is 1.87 bits per heavy atom. The fraction of sp³-hybridized carbons (Fsp3) is 0.316. The first-order valence-corrected chi connectivity index (χ1v) is 8.05. The van der Waals surface area contributed by atoms with E-state index in [1.165, 1.54) is 11.1 Å². The van der Waals surface area contributed by atoms with Crippen molar-refractivity contribution < 1.29 is 9.90 Å². The van der Waals surface area contributed by atoms with Crippen molar-refractivity contribution in [1.29, 1.82) is 0 Å². The quantitative estimate of drug-likeness (QED) is 0.827. The van der Waals surface area contributed by atoms with Crippen LogP contribution in [-0.4, -0.2) is 42.2 Å². The molecule has 0 radical (unpaired) electrons. The standard InChI is InChI=1S/C19H22N2O2/c22-13-11-20-14-18(23)21-12-10-15-6-4-5-9-17(15)19(21)16-7-2-1-3-8-16/h1-9,19-20,22H,10-14H2/t19-/m0/s1. The Kier molecular flexibility index (Phi) is 5.05. The second-order valence-corrected chi connectivity index (χ2v) is 5.75. The molecule has 0 aromatic heterocycles. The lowest BCUT2D eigenvalue weighted by Gasteiger charge is -2.38. The summed E-state index contributed by atoms with van der Waals surface area (Å²) in [5.41, 5.74) is 3.66. The van der Waals surface area contributed by atoms with Gasteiger partial charge in [0.05, 0.1) is 19.2 Å². The number of hydrogen-bond donors (Lipinski definition) is 2. The number of nitrogens with one attached hydrogen (secondary N) is 1. The summed E-state index contributed by atoms with van der Waals surface area (Å²) in [6, 6.07) is 18.5. The lowest BCUT2D eigenvalue weighted by atomic mass is 9.88. The van der Waals surface area contributed by atoms with Gasteiger partial charge in [-0.2, -0.15) is 0 Å². The molecular formula is C19H22N2O2. The molecule has 0 spiro atoms. The molecule has 0 bridgehead atoms. The van der Waals surface area contributed by atoms with Gasteiger partial charge in [-0.25, -0.2) is 0 Å². The number of rotatable bonds is 5. The van der Waals surface area contributed by atoms with Crippen LogP contribution in [0.4, 0.5) is 0 Å². The number of aliphatic hydroxyl groups excluding tert-OH is 1. The van der Waals surface area contributed by atoms with Gasteiger partial charge < -0.3 is 15.3 Å². The van der Waals surface area contributed by atoms with Crippen LogP contribution in [0.5, 0.6) is 0 Å². The lowest BCUT2D eigenvalue weighted by molar-refractivity contribution is -0.132. The van der Waals surface area contributed by atoms with Crippen molar-refractivity contribution in [2.75, 3.05) is 26.2 Å². The minimum absolute atomic E-state index is 0.0374. The molecule has 2 aromatic carbocycles. The number of amides is 1. The highest BCUT2D eigenvalue weighted by atomic mass is 16.3. The van der Waals surface area contributed by atoms with Gasteiger partial charge in [-0.15, -0.1) is 0 Å². The normalized spacial score (nSPS) is 16.9. The van der Waals surface area contributed by atoms with Gasteiger partial charge in [-0.3, -0.25) is 4.79 Å². The number of hydrogen-bond acceptors (Lipinski definition) is 3. The van der Waals surface area contributed by atoms with Gasteiger partial charge in [-0.1, -0.05) is 54.6 Å². The second kappa shape index (κ2) is 7.40. The van der Waals surface area contributed by atoms with Gasteiger partial charge in [0.25, 0.3) is 0 Å². The van der Waals surface area contributed by atoms with Crippen molar-refractivity contribution in [3.05, 3.63) is 71.3 Å². The van der Waals surface area contributed by atoms with Crippen LogP contribution in [0.3, 0.4) is 0 Å². The van der Waals surface area contributed by atoms with Crippen molar-refractivity contribution >= 4 is 5.91 Å². The molecule has 2 aromatic rings. The Bertz CT molecular complexity index is 657. The van der Waals surface area contributed by atoms with Crippen molar-refractivity contribution in [2.45, 2.75) is 12.5 Å². The maximum absolute atomic E-state index is 12.6. The van der Waals surface area contributed by atoms with E-state index in [1.54, 1.807) is 0 Å². The highest BCUT2D eigenvalue weighted by Crippen LogP contribution is 2.34. The molecule has 3 rings (SSSR count). The predicted octanol–water partition coefficient (Wildman–Crippen LogP) is 1.74. The first kappa shape index (κ1) is 15.7. The van der Waals surface area contributed by atoms with Gasteiger partial charge in [0.15, 0.2) is 0 Å². The highest BCUT2D eigenvalue weighted by Gasteiger charge is 2.31. The van der Waals surface area contributed by atoms with Gasteiger partial charge in [0, 0.05) is 13.1 Å². The van der Waals surface area contributed by atoms with Crippen LogP contribution < -0.4 is 5.32 Å². The number of aliphatic hydroxyl groups is 1. The van der Waals surface area contributed by atoms with Gasteiger partial charge in [0.2, 0.25) is 5.91 Å². The van der Waals surface area contributed by atoms with Crippen molar-refractivity contribution in [3.63, 3.8) is 0 Å². The van der Waals surface area contributed by atoms with E-state index >= 15 is 0 Å². The van der Waals surface area contributed by atoms with Crippen LogP contribution in [0.1, 0.15) is 22.7 Å². The minimum Gasteiger partial charge on any atom is -0.395 e. The van der Waals surface area contributed by atoms with E-state index in [0.29, 0.717) is 6.54 Å². The van der Waals surface area contributed by atoms with E-state index in [4.69, 9.17) is 5.11 Å². The molecule has 0 aliphatic carbocycles. The number of benzene rings is 2. The first-order valence-electron chi connectivity index (χ1n) is 8.05.